The van der Waals surface area contributed by atoms with E-state index in [9.17, 15) is 10.1 Å². The zero-order valence-corrected chi connectivity index (χ0v) is 8.61. The van der Waals surface area contributed by atoms with Gasteiger partial charge >= 0.3 is 0 Å². The first-order valence-corrected chi connectivity index (χ1v) is 4.72. The number of nitrogens with zero attached hydrogens (tertiary/aromatic N) is 2. The third kappa shape index (κ3) is 2.69. The van der Waals surface area contributed by atoms with E-state index in [1.165, 1.54) is 42.6 Å². The van der Waals surface area contributed by atoms with Crippen LogP contribution in [-0.2, 0) is 0 Å². The minimum absolute atomic E-state index is 0.0891. The van der Waals surface area contributed by atoms with Crippen LogP contribution in [0.3, 0.4) is 0 Å². The Morgan fingerprint density at radius 3 is 2.59 bits per heavy atom. The fraction of sp³-hybridized carbons (Fsp3) is 0. The second-order valence-corrected chi connectivity index (χ2v) is 3.21. The molecule has 0 aliphatic heterocycles. The molecule has 0 radical (unpaired) electrons. The summed E-state index contributed by atoms with van der Waals surface area (Å²) in [5.74, 6) is 0.685. The van der Waals surface area contributed by atoms with Gasteiger partial charge in [0.1, 0.15) is 11.5 Å². The van der Waals surface area contributed by atoms with Crippen molar-refractivity contribution in [2.45, 2.75) is 0 Å². The lowest BCUT2D eigenvalue weighted by molar-refractivity contribution is -0.385. The fourth-order valence-corrected chi connectivity index (χ4v) is 1.20. The highest BCUT2D eigenvalue weighted by Crippen LogP contribution is 2.24. The van der Waals surface area contributed by atoms with Crippen molar-refractivity contribution >= 4 is 5.69 Å². The van der Waals surface area contributed by atoms with Crippen LogP contribution in [0.5, 0.6) is 17.4 Å². The van der Waals surface area contributed by atoms with Crippen molar-refractivity contribution in [3.63, 3.8) is 0 Å². The van der Waals surface area contributed by atoms with Crippen LogP contribution < -0.4 is 4.74 Å². The van der Waals surface area contributed by atoms with Gasteiger partial charge in [-0.05, 0) is 24.3 Å². The lowest BCUT2D eigenvalue weighted by Gasteiger charge is -2.03. The highest BCUT2D eigenvalue weighted by Gasteiger charge is 2.08. The molecule has 86 valence electrons. The number of aromatic hydroxyl groups is 1. The van der Waals surface area contributed by atoms with Crippen molar-refractivity contribution in [1.29, 1.82) is 0 Å². The minimum atomic E-state index is -0.522. The molecule has 1 heterocycles. The number of ether oxygens (including phenoxy) is 1. The first-order valence-electron chi connectivity index (χ1n) is 4.72. The predicted molar refractivity (Wildman–Crippen MR) is 59.1 cm³/mol. The summed E-state index contributed by atoms with van der Waals surface area (Å²) < 4.78 is 5.30. The Balaban J connectivity index is 2.21. The SMILES string of the molecule is O=[N+]([O-])c1ccnc(Oc2ccc(O)cc2)c1. The van der Waals surface area contributed by atoms with Gasteiger partial charge in [0.2, 0.25) is 5.88 Å². The van der Waals surface area contributed by atoms with E-state index in [0.717, 1.165) is 0 Å². The molecule has 0 aliphatic carbocycles. The quantitative estimate of drug-likeness (QED) is 0.649. The Kier molecular flexibility index (Phi) is 2.87. The second-order valence-electron chi connectivity index (χ2n) is 3.21. The van der Waals surface area contributed by atoms with Crippen LogP contribution >= 0.6 is 0 Å². The number of pyridine rings is 1. The summed E-state index contributed by atoms with van der Waals surface area (Å²) in [5.41, 5.74) is -0.0891. The molecule has 0 unspecified atom stereocenters. The standard InChI is InChI=1S/C11H8N2O4/c14-9-1-3-10(4-2-9)17-11-7-8(13(15)16)5-6-12-11/h1-7,14H. The van der Waals surface area contributed by atoms with Crippen molar-refractivity contribution in [2.24, 2.45) is 0 Å². The van der Waals surface area contributed by atoms with E-state index in [-0.39, 0.29) is 17.3 Å². The summed E-state index contributed by atoms with van der Waals surface area (Å²) in [6, 6.07) is 8.49. The summed E-state index contributed by atoms with van der Waals surface area (Å²) in [6.45, 7) is 0. The van der Waals surface area contributed by atoms with Crippen LogP contribution in [0.4, 0.5) is 5.69 Å². The van der Waals surface area contributed by atoms with Gasteiger partial charge in [0.05, 0.1) is 11.0 Å². The molecular formula is C11H8N2O4. The fourth-order valence-electron chi connectivity index (χ4n) is 1.20. The molecule has 6 heteroatoms. The molecule has 0 bridgehead atoms. The average Bonchev–Trinajstić information content (AvgIpc) is 2.32. The maximum Gasteiger partial charge on any atom is 0.276 e. The molecule has 0 fully saturated rings. The molecule has 1 aromatic carbocycles. The Morgan fingerprint density at radius 2 is 1.94 bits per heavy atom. The number of benzene rings is 1. The maximum absolute atomic E-state index is 10.5. The molecule has 17 heavy (non-hydrogen) atoms. The Hall–Kier alpha value is -2.63. The van der Waals surface area contributed by atoms with Crippen molar-refractivity contribution < 1.29 is 14.8 Å². The van der Waals surface area contributed by atoms with Crippen molar-refractivity contribution in [1.82, 2.24) is 4.98 Å². The molecule has 6 nitrogen and oxygen atoms in total. The van der Waals surface area contributed by atoms with Crippen molar-refractivity contribution in [2.75, 3.05) is 0 Å². The molecule has 0 amide bonds. The second kappa shape index (κ2) is 4.48. The molecule has 0 atom stereocenters. The van der Waals surface area contributed by atoms with Crippen LogP contribution in [0.15, 0.2) is 42.6 Å². The van der Waals surface area contributed by atoms with Crippen LogP contribution in [0, 0.1) is 10.1 Å². The van der Waals surface area contributed by atoms with Crippen molar-refractivity contribution in [3.05, 3.63) is 52.7 Å². The summed E-state index contributed by atoms with van der Waals surface area (Å²) in [6.07, 6.45) is 1.30. The van der Waals surface area contributed by atoms with E-state index in [1.54, 1.807) is 0 Å². The van der Waals surface area contributed by atoms with E-state index >= 15 is 0 Å². The third-order valence-corrected chi connectivity index (χ3v) is 1.99. The first-order chi connectivity index (χ1) is 8.15. The van der Waals surface area contributed by atoms with Crippen molar-refractivity contribution in [3.8, 4) is 17.4 Å². The minimum Gasteiger partial charge on any atom is -0.508 e. The highest BCUT2D eigenvalue weighted by molar-refractivity contribution is 5.37. The lowest BCUT2D eigenvalue weighted by Crippen LogP contribution is -1.91. The number of rotatable bonds is 3. The number of phenolic OH excluding ortho intramolecular Hbond substituents is 1. The van der Waals surface area contributed by atoms with Gasteiger partial charge in [-0.3, -0.25) is 10.1 Å². The zero-order valence-electron chi connectivity index (χ0n) is 8.61. The molecule has 1 aromatic heterocycles. The predicted octanol–water partition coefficient (Wildman–Crippen LogP) is 2.49. The summed E-state index contributed by atoms with van der Waals surface area (Å²) in [4.78, 5) is 13.9. The van der Waals surface area contributed by atoms with E-state index in [2.05, 4.69) is 4.98 Å². The Morgan fingerprint density at radius 1 is 1.24 bits per heavy atom. The zero-order chi connectivity index (χ0) is 12.3. The van der Waals surface area contributed by atoms with Gasteiger partial charge in [0.25, 0.3) is 5.69 Å². The molecule has 2 rings (SSSR count). The highest BCUT2D eigenvalue weighted by atomic mass is 16.6. The molecule has 0 spiro atoms. The van der Waals surface area contributed by atoms with Crippen LogP contribution in [-0.4, -0.2) is 15.0 Å². The monoisotopic (exact) mass is 232 g/mol. The smallest absolute Gasteiger partial charge is 0.276 e. The first kappa shape index (κ1) is 10.9. The van der Waals surface area contributed by atoms with E-state index in [4.69, 9.17) is 9.84 Å². The summed E-state index contributed by atoms with van der Waals surface area (Å²) in [7, 11) is 0. The molecule has 0 aliphatic rings. The Labute approximate surface area is 96.3 Å². The Bertz CT molecular complexity index is 539. The number of hydrogen-bond donors (Lipinski definition) is 1. The third-order valence-electron chi connectivity index (χ3n) is 1.99. The van der Waals surface area contributed by atoms with Crippen LogP contribution in [0.25, 0.3) is 0 Å². The number of hydrogen-bond acceptors (Lipinski definition) is 5. The largest absolute Gasteiger partial charge is 0.508 e. The van der Waals surface area contributed by atoms with E-state index in [1.807, 2.05) is 0 Å². The van der Waals surface area contributed by atoms with Gasteiger partial charge in [-0.25, -0.2) is 4.98 Å². The van der Waals surface area contributed by atoms with Crippen LogP contribution in [0.1, 0.15) is 0 Å². The topological polar surface area (TPSA) is 85.5 Å². The number of phenols is 1. The summed E-state index contributed by atoms with van der Waals surface area (Å²) in [5, 5.41) is 19.6. The van der Waals surface area contributed by atoms with Crippen LogP contribution in [0.2, 0.25) is 0 Å². The van der Waals surface area contributed by atoms with Gasteiger partial charge in [-0.1, -0.05) is 0 Å². The number of aromatic nitrogens is 1. The summed E-state index contributed by atoms with van der Waals surface area (Å²) >= 11 is 0. The van der Waals surface area contributed by atoms with Gasteiger partial charge in [0, 0.05) is 12.3 Å². The average molecular weight is 232 g/mol. The van der Waals surface area contributed by atoms with Gasteiger partial charge < -0.3 is 9.84 Å². The molecule has 1 N–H and O–H groups in total. The molecule has 0 saturated heterocycles. The molecule has 0 saturated carbocycles. The van der Waals surface area contributed by atoms with E-state index in [0.29, 0.717) is 5.75 Å². The lowest BCUT2D eigenvalue weighted by atomic mass is 10.3. The molecule has 2 aromatic rings. The molecular weight excluding hydrogens is 224 g/mol. The normalized spacial score (nSPS) is 9.88. The van der Waals surface area contributed by atoms with Gasteiger partial charge in [-0.15, -0.1) is 0 Å². The number of nitro groups is 1. The maximum atomic E-state index is 10.5. The van der Waals surface area contributed by atoms with Gasteiger partial charge in [-0.2, -0.15) is 0 Å². The van der Waals surface area contributed by atoms with E-state index < -0.39 is 4.92 Å². The van der Waals surface area contributed by atoms with Gasteiger partial charge in [0.15, 0.2) is 0 Å².